The first-order valence-electron chi connectivity index (χ1n) is 10.00. The van der Waals surface area contributed by atoms with Crippen LogP contribution in [0.3, 0.4) is 0 Å². The summed E-state index contributed by atoms with van der Waals surface area (Å²) in [6, 6.07) is 15.4. The number of aryl methyl sites for hydroxylation is 2. The van der Waals surface area contributed by atoms with Crippen LogP contribution in [0.15, 0.2) is 58.7 Å². The van der Waals surface area contributed by atoms with E-state index in [0.29, 0.717) is 28.2 Å². The molecule has 0 radical (unpaired) electrons. The highest BCUT2D eigenvalue weighted by molar-refractivity contribution is 7.13. The third-order valence-electron chi connectivity index (χ3n) is 5.20. The van der Waals surface area contributed by atoms with Gasteiger partial charge in [0, 0.05) is 18.0 Å². The Hall–Kier alpha value is -3.85. The van der Waals surface area contributed by atoms with Crippen LogP contribution in [0, 0.1) is 6.92 Å². The zero-order valence-corrected chi connectivity index (χ0v) is 18.3. The van der Waals surface area contributed by atoms with Crippen LogP contribution in [-0.4, -0.2) is 30.1 Å². The van der Waals surface area contributed by atoms with E-state index in [1.807, 2.05) is 60.8 Å². The highest BCUT2D eigenvalue weighted by atomic mass is 32.1. The normalized spacial score (nSPS) is 11.3. The zero-order valence-electron chi connectivity index (χ0n) is 17.5. The molecule has 5 rings (SSSR count). The highest BCUT2D eigenvalue weighted by Gasteiger charge is 2.17. The topological polar surface area (TPSA) is 91.4 Å². The Morgan fingerprint density at radius 2 is 1.94 bits per heavy atom. The number of rotatable bonds is 5. The summed E-state index contributed by atoms with van der Waals surface area (Å²) in [7, 11) is 1.65. The Morgan fingerprint density at radius 1 is 1.12 bits per heavy atom. The molecule has 0 aliphatic carbocycles. The van der Waals surface area contributed by atoms with E-state index >= 15 is 0 Å². The third kappa shape index (κ3) is 3.56. The number of nitrogens with zero attached hydrogens (tertiary/aromatic N) is 5. The standard InChI is InChI=1S/C23H19N5O3S/c1-14-8-9-18-17(10-14)22(30)27(2)23-26-25-19(28(18)23)12-31-20(29)11-16-13-32-21(24-16)15-6-4-3-5-7-15/h3-10,13H,11-12H2,1-2H3. The van der Waals surface area contributed by atoms with Crippen molar-refractivity contribution in [1.29, 1.82) is 0 Å². The Kier molecular flexibility index (Phi) is 5.02. The van der Waals surface area contributed by atoms with Gasteiger partial charge in [0.2, 0.25) is 5.78 Å². The first-order chi connectivity index (χ1) is 15.5. The summed E-state index contributed by atoms with van der Waals surface area (Å²) in [6.07, 6.45) is 0.0680. The molecule has 3 heterocycles. The number of aromatic nitrogens is 5. The second-order valence-electron chi connectivity index (χ2n) is 7.48. The van der Waals surface area contributed by atoms with E-state index in [2.05, 4.69) is 15.2 Å². The molecule has 0 spiro atoms. The molecule has 8 nitrogen and oxygen atoms in total. The minimum Gasteiger partial charge on any atom is -0.457 e. The number of hydrogen-bond acceptors (Lipinski definition) is 7. The van der Waals surface area contributed by atoms with E-state index in [9.17, 15) is 9.59 Å². The predicted molar refractivity (Wildman–Crippen MR) is 122 cm³/mol. The third-order valence-corrected chi connectivity index (χ3v) is 6.14. The number of carbonyl (C=O) groups is 1. The van der Waals surface area contributed by atoms with Gasteiger partial charge in [0.05, 0.1) is 23.0 Å². The summed E-state index contributed by atoms with van der Waals surface area (Å²) in [4.78, 5) is 29.6. The summed E-state index contributed by atoms with van der Waals surface area (Å²) < 4.78 is 8.67. The lowest BCUT2D eigenvalue weighted by Gasteiger charge is -2.09. The van der Waals surface area contributed by atoms with Gasteiger partial charge in [-0.15, -0.1) is 21.5 Å². The smallest absolute Gasteiger partial charge is 0.312 e. The Labute approximate surface area is 186 Å². The molecule has 0 amide bonds. The van der Waals surface area contributed by atoms with E-state index in [1.165, 1.54) is 15.9 Å². The number of thiazole rings is 1. The largest absolute Gasteiger partial charge is 0.457 e. The Bertz CT molecular complexity index is 1520. The van der Waals surface area contributed by atoms with Crippen LogP contribution < -0.4 is 5.56 Å². The van der Waals surface area contributed by atoms with Gasteiger partial charge in [-0.1, -0.05) is 42.0 Å². The Morgan fingerprint density at radius 3 is 2.75 bits per heavy atom. The van der Waals surface area contributed by atoms with Crippen LogP contribution in [-0.2, 0) is 29.6 Å². The van der Waals surface area contributed by atoms with Crippen LogP contribution >= 0.6 is 11.3 Å². The molecule has 0 bridgehead atoms. The average molecular weight is 446 g/mol. The zero-order chi connectivity index (χ0) is 22.2. The number of fused-ring (bicyclic) bond motifs is 3. The second-order valence-corrected chi connectivity index (χ2v) is 8.34. The van der Waals surface area contributed by atoms with Gasteiger partial charge in [-0.2, -0.15) is 0 Å². The molecule has 2 aromatic carbocycles. The molecule has 9 heteroatoms. The number of benzene rings is 2. The molecule has 32 heavy (non-hydrogen) atoms. The lowest BCUT2D eigenvalue weighted by molar-refractivity contribution is -0.144. The van der Waals surface area contributed by atoms with Crippen molar-refractivity contribution >= 4 is 34.0 Å². The van der Waals surface area contributed by atoms with Gasteiger partial charge in [-0.05, 0) is 19.1 Å². The van der Waals surface area contributed by atoms with Crippen LogP contribution in [0.25, 0.3) is 27.3 Å². The number of esters is 1. The summed E-state index contributed by atoms with van der Waals surface area (Å²) in [6.45, 7) is 1.87. The summed E-state index contributed by atoms with van der Waals surface area (Å²) in [5.41, 5.74) is 3.18. The molecule has 0 N–H and O–H groups in total. The first kappa shape index (κ1) is 20.1. The predicted octanol–water partition coefficient (Wildman–Crippen LogP) is 3.30. The van der Waals surface area contributed by atoms with Crippen molar-refractivity contribution in [1.82, 2.24) is 24.1 Å². The number of hydrogen-bond donors (Lipinski definition) is 0. The summed E-state index contributed by atoms with van der Waals surface area (Å²) in [5.74, 6) is 0.432. The summed E-state index contributed by atoms with van der Waals surface area (Å²) in [5, 5.41) is 11.6. The SMILES string of the molecule is Cc1ccc2c(c1)c(=O)n(C)c1nnc(COC(=O)Cc3csc(-c4ccccc4)n3)n21. The lowest BCUT2D eigenvalue weighted by atomic mass is 10.1. The maximum Gasteiger partial charge on any atom is 0.312 e. The molecular weight excluding hydrogens is 426 g/mol. The van der Waals surface area contributed by atoms with Gasteiger partial charge >= 0.3 is 5.97 Å². The van der Waals surface area contributed by atoms with Crippen molar-refractivity contribution in [2.75, 3.05) is 0 Å². The monoisotopic (exact) mass is 445 g/mol. The molecule has 3 aromatic heterocycles. The number of carbonyl (C=O) groups excluding carboxylic acids is 1. The van der Waals surface area contributed by atoms with Crippen molar-refractivity contribution in [2.24, 2.45) is 7.05 Å². The van der Waals surface area contributed by atoms with Gasteiger partial charge in [0.25, 0.3) is 5.56 Å². The average Bonchev–Trinajstić information content (AvgIpc) is 3.44. The van der Waals surface area contributed by atoms with Gasteiger partial charge in [-0.3, -0.25) is 18.6 Å². The molecular formula is C23H19N5O3S. The van der Waals surface area contributed by atoms with Crippen LogP contribution in [0.2, 0.25) is 0 Å². The van der Waals surface area contributed by atoms with E-state index in [4.69, 9.17) is 4.74 Å². The number of ether oxygens (including phenoxy) is 1. The van der Waals surface area contributed by atoms with Crippen molar-refractivity contribution in [3.05, 3.63) is 81.3 Å². The van der Waals surface area contributed by atoms with E-state index in [0.717, 1.165) is 16.1 Å². The van der Waals surface area contributed by atoms with Gasteiger partial charge in [-0.25, -0.2) is 4.98 Å². The second kappa shape index (κ2) is 8.01. The molecule has 0 aliphatic heterocycles. The molecule has 0 aliphatic rings. The van der Waals surface area contributed by atoms with E-state index in [1.54, 1.807) is 11.4 Å². The highest BCUT2D eigenvalue weighted by Crippen LogP contribution is 2.23. The van der Waals surface area contributed by atoms with Crippen molar-refractivity contribution in [2.45, 2.75) is 20.0 Å². The minimum absolute atomic E-state index is 0.0587. The fraction of sp³-hybridized carbons (Fsp3) is 0.174. The molecule has 0 saturated carbocycles. The van der Waals surface area contributed by atoms with Crippen LogP contribution in [0.4, 0.5) is 0 Å². The van der Waals surface area contributed by atoms with E-state index in [-0.39, 0.29) is 18.6 Å². The van der Waals surface area contributed by atoms with Crippen molar-refractivity contribution < 1.29 is 9.53 Å². The van der Waals surface area contributed by atoms with E-state index < -0.39 is 5.97 Å². The van der Waals surface area contributed by atoms with Crippen molar-refractivity contribution in [3.63, 3.8) is 0 Å². The molecule has 160 valence electrons. The van der Waals surface area contributed by atoms with Crippen LogP contribution in [0.5, 0.6) is 0 Å². The maximum atomic E-state index is 12.7. The lowest BCUT2D eigenvalue weighted by Crippen LogP contribution is -2.20. The van der Waals surface area contributed by atoms with Crippen LogP contribution in [0.1, 0.15) is 17.1 Å². The molecule has 0 saturated heterocycles. The van der Waals surface area contributed by atoms with Gasteiger partial charge < -0.3 is 4.74 Å². The molecule has 0 fully saturated rings. The fourth-order valence-electron chi connectivity index (χ4n) is 3.60. The fourth-order valence-corrected chi connectivity index (χ4v) is 4.42. The first-order valence-corrected chi connectivity index (χ1v) is 10.9. The maximum absolute atomic E-state index is 12.7. The quantitative estimate of drug-likeness (QED) is 0.386. The molecule has 0 atom stereocenters. The Balaban J connectivity index is 1.37. The van der Waals surface area contributed by atoms with Gasteiger partial charge in [0.1, 0.15) is 5.01 Å². The minimum atomic E-state index is -0.406. The van der Waals surface area contributed by atoms with Crippen molar-refractivity contribution in [3.8, 4) is 10.6 Å². The van der Waals surface area contributed by atoms with Gasteiger partial charge in [0.15, 0.2) is 12.4 Å². The summed E-state index contributed by atoms with van der Waals surface area (Å²) >= 11 is 1.49. The molecule has 5 aromatic rings. The molecule has 0 unspecified atom stereocenters.